The van der Waals surface area contributed by atoms with Crippen LogP contribution in [-0.2, 0) is 0 Å². The predicted molar refractivity (Wildman–Crippen MR) is 46.5 cm³/mol. The number of H-pyrrole nitrogens is 1. The molecule has 0 aliphatic heterocycles. The lowest BCUT2D eigenvalue weighted by Gasteiger charge is -1.92. The third-order valence-corrected chi connectivity index (χ3v) is 1.13. The minimum atomic E-state index is -0.377. The van der Waals surface area contributed by atoms with E-state index in [-0.39, 0.29) is 5.69 Å². The van der Waals surface area contributed by atoms with Gasteiger partial charge in [-0.25, -0.2) is 4.79 Å². The van der Waals surface area contributed by atoms with E-state index in [1.165, 1.54) is 6.20 Å². The number of nitrogens with one attached hydrogen (secondary N) is 2. The second kappa shape index (κ2) is 4.19. The van der Waals surface area contributed by atoms with Crippen LogP contribution >= 0.6 is 0 Å². The quantitative estimate of drug-likeness (QED) is 0.469. The molecule has 0 bridgehead atoms. The Morgan fingerprint density at radius 3 is 3.25 bits per heavy atom. The molecule has 0 saturated heterocycles. The van der Waals surface area contributed by atoms with E-state index in [4.69, 9.17) is 0 Å². The summed E-state index contributed by atoms with van der Waals surface area (Å²) in [5.74, 6) is 3.27. The molecule has 2 N–H and O–H groups in total. The second-order valence-electron chi connectivity index (χ2n) is 2.06. The molecule has 62 valence electrons. The van der Waals surface area contributed by atoms with Crippen molar-refractivity contribution in [3.8, 4) is 12.0 Å². The lowest BCUT2D eigenvalue weighted by molar-refractivity contribution is 1.08. The van der Waals surface area contributed by atoms with Crippen molar-refractivity contribution in [2.75, 3.05) is 5.32 Å². The van der Waals surface area contributed by atoms with E-state index in [0.29, 0.717) is 5.82 Å². The van der Waals surface area contributed by atoms with Crippen LogP contribution in [0.5, 0.6) is 0 Å². The van der Waals surface area contributed by atoms with Gasteiger partial charge in [0.15, 0.2) is 0 Å². The molecule has 0 unspecified atom stereocenters. The van der Waals surface area contributed by atoms with Crippen molar-refractivity contribution in [2.24, 2.45) is 0 Å². The summed E-state index contributed by atoms with van der Waals surface area (Å²) < 4.78 is 0. The topological polar surface area (TPSA) is 57.8 Å². The van der Waals surface area contributed by atoms with Crippen molar-refractivity contribution in [2.45, 2.75) is 13.3 Å². The lowest BCUT2D eigenvalue weighted by Crippen LogP contribution is -2.10. The van der Waals surface area contributed by atoms with Crippen LogP contribution < -0.4 is 11.0 Å². The molecule has 0 radical (unpaired) electrons. The van der Waals surface area contributed by atoms with Crippen molar-refractivity contribution >= 4 is 5.82 Å². The van der Waals surface area contributed by atoms with Crippen LogP contribution in [0, 0.1) is 12.0 Å². The molecule has 4 nitrogen and oxygen atoms in total. The monoisotopic (exact) mass is 163 g/mol. The van der Waals surface area contributed by atoms with E-state index in [2.05, 4.69) is 27.2 Å². The molecule has 0 spiro atoms. The van der Waals surface area contributed by atoms with Gasteiger partial charge < -0.3 is 4.98 Å². The van der Waals surface area contributed by atoms with Crippen LogP contribution in [0.2, 0.25) is 0 Å². The van der Waals surface area contributed by atoms with Crippen molar-refractivity contribution in [3.05, 3.63) is 22.7 Å². The maximum atomic E-state index is 10.7. The molecule has 0 atom stereocenters. The summed E-state index contributed by atoms with van der Waals surface area (Å²) in [5.41, 5.74) is -0.377. The predicted octanol–water partition coefficient (Wildman–Crippen LogP) is 0.553. The van der Waals surface area contributed by atoms with Crippen LogP contribution in [0.1, 0.15) is 13.3 Å². The molecule has 0 aliphatic rings. The molecule has 0 fully saturated rings. The summed E-state index contributed by atoms with van der Waals surface area (Å²) in [6, 6.07) is 4.31. The van der Waals surface area contributed by atoms with E-state index in [1.54, 1.807) is 6.07 Å². The van der Waals surface area contributed by atoms with Crippen molar-refractivity contribution in [3.63, 3.8) is 0 Å². The smallest absolute Gasteiger partial charge is 0.313 e. The van der Waals surface area contributed by atoms with Crippen molar-refractivity contribution in [1.29, 1.82) is 0 Å². The molecule has 0 amide bonds. The first kappa shape index (κ1) is 8.34. The van der Waals surface area contributed by atoms with E-state index in [9.17, 15) is 4.79 Å². The third-order valence-electron chi connectivity index (χ3n) is 1.13. The second-order valence-corrected chi connectivity index (χ2v) is 2.06. The fourth-order valence-corrected chi connectivity index (χ4v) is 0.637. The zero-order chi connectivity index (χ0) is 8.81. The van der Waals surface area contributed by atoms with Crippen LogP contribution in [0.15, 0.2) is 17.1 Å². The molecule has 1 heterocycles. The summed E-state index contributed by atoms with van der Waals surface area (Å²) in [5, 5.41) is 2.69. The largest absolute Gasteiger partial charge is 0.346 e. The zero-order valence-electron chi connectivity index (χ0n) is 6.72. The third kappa shape index (κ3) is 2.46. The number of aromatic amines is 1. The van der Waals surface area contributed by atoms with Gasteiger partial charge >= 0.3 is 5.69 Å². The standard InChI is InChI=1S/C8H9N3O/c1-2-3-5-9-7-4-6-10-8(12)11-7/h4,6H,2H2,1H3,(H2,9,10,11,12). The number of hydrogen-bond acceptors (Lipinski definition) is 3. The van der Waals surface area contributed by atoms with Gasteiger partial charge in [-0.1, -0.05) is 12.8 Å². The maximum absolute atomic E-state index is 10.7. The summed E-state index contributed by atoms with van der Waals surface area (Å²) in [4.78, 5) is 16.7. The van der Waals surface area contributed by atoms with E-state index < -0.39 is 0 Å². The van der Waals surface area contributed by atoms with Crippen molar-refractivity contribution in [1.82, 2.24) is 9.97 Å². The van der Waals surface area contributed by atoms with Crippen LogP contribution in [0.4, 0.5) is 5.82 Å². The molecule has 1 rings (SSSR count). The number of aromatic nitrogens is 2. The van der Waals surface area contributed by atoms with E-state index in [0.717, 1.165) is 6.42 Å². The van der Waals surface area contributed by atoms with E-state index in [1.807, 2.05) is 6.92 Å². The van der Waals surface area contributed by atoms with Crippen LogP contribution in [-0.4, -0.2) is 9.97 Å². The van der Waals surface area contributed by atoms with Gasteiger partial charge in [0.25, 0.3) is 0 Å². The minimum Gasteiger partial charge on any atom is -0.313 e. The number of nitrogens with zero attached hydrogens (tertiary/aromatic N) is 1. The Morgan fingerprint density at radius 1 is 1.75 bits per heavy atom. The highest BCUT2D eigenvalue weighted by Crippen LogP contribution is 1.92. The van der Waals surface area contributed by atoms with Gasteiger partial charge in [0.1, 0.15) is 5.82 Å². The Balaban J connectivity index is 2.70. The number of rotatable bonds is 1. The van der Waals surface area contributed by atoms with Gasteiger partial charge in [-0.05, 0) is 6.07 Å². The molecule has 12 heavy (non-hydrogen) atoms. The van der Waals surface area contributed by atoms with Gasteiger partial charge in [-0.3, -0.25) is 5.32 Å². The Kier molecular flexibility index (Phi) is 2.91. The SMILES string of the molecule is CCC#CNc1cc[nH]c(=O)n1. The molecular formula is C8H9N3O. The minimum absolute atomic E-state index is 0.377. The lowest BCUT2D eigenvalue weighted by atomic mass is 10.5. The molecule has 0 saturated carbocycles. The summed E-state index contributed by atoms with van der Waals surface area (Å²) in [7, 11) is 0. The van der Waals surface area contributed by atoms with Gasteiger partial charge in [0.05, 0.1) is 0 Å². The highest BCUT2D eigenvalue weighted by atomic mass is 16.1. The zero-order valence-corrected chi connectivity index (χ0v) is 6.72. The molecule has 1 aromatic rings. The highest BCUT2D eigenvalue weighted by molar-refractivity contribution is 5.38. The number of anilines is 1. The van der Waals surface area contributed by atoms with Crippen LogP contribution in [0.25, 0.3) is 0 Å². The molecule has 0 aromatic carbocycles. The fraction of sp³-hybridized carbons (Fsp3) is 0.250. The van der Waals surface area contributed by atoms with E-state index >= 15 is 0 Å². The Hall–Kier alpha value is -1.76. The van der Waals surface area contributed by atoms with Gasteiger partial charge in [-0.15, -0.1) is 0 Å². The molecule has 0 aliphatic carbocycles. The first-order valence-corrected chi connectivity index (χ1v) is 3.62. The highest BCUT2D eigenvalue weighted by Gasteiger charge is 1.88. The number of hydrogen-bond donors (Lipinski definition) is 2. The van der Waals surface area contributed by atoms with Gasteiger partial charge in [0.2, 0.25) is 0 Å². The maximum Gasteiger partial charge on any atom is 0.346 e. The summed E-state index contributed by atoms with van der Waals surface area (Å²) in [6.45, 7) is 1.94. The Labute approximate surface area is 70.0 Å². The Bertz CT molecular complexity index is 358. The summed E-state index contributed by atoms with van der Waals surface area (Å²) >= 11 is 0. The van der Waals surface area contributed by atoms with Crippen LogP contribution in [0.3, 0.4) is 0 Å². The fourth-order valence-electron chi connectivity index (χ4n) is 0.637. The molecule has 1 aromatic heterocycles. The molecular weight excluding hydrogens is 154 g/mol. The molecule has 4 heteroatoms. The summed E-state index contributed by atoms with van der Waals surface area (Å²) in [6.07, 6.45) is 2.29. The Morgan fingerprint density at radius 2 is 2.58 bits per heavy atom. The first-order valence-electron chi connectivity index (χ1n) is 3.62. The van der Waals surface area contributed by atoms with Gasteiger partial charge in [-0.2, -0.15) is 4.98 Å². The first-order chi connectivity index (χ1) is 5.83. The van der Waals surface area contributed by atoms with Crippen molar-refractivity contribution < 1.29 is 0 Å². The normalized spacial score (nSPS) is 8.42. The average molecular weight is 163 g/mol. The average Bonchev–Trinajstić information content (AvgIpc) is 2.05. The van der Waals surface area contributed by atoms with Gasteiger partial charge in [0, 0.05) is 18.7 Å².